The second kappa shape index (κ2) is 10.4. The van der Waals surface area contributed by atoms with Crippen LogP contribution in [0.3, 0.4) is 0 Å². The average Bonchev–Trinajstić information content (AvgIpc) is 2.19. The number of ether oxygens (including phenoxy) is 2. The molecule has 0 unspecified atom stereocenters. The number of aliphatic imine (C=N–C) groups is 1. The summed E-state index contributed by atoms with van der Waals surface area (Å²) in [5.74, 6) is -0.785. The first-order chi connectivity index (χ1) is 7.15. The first-order valence-corrected chi connectivity index (χ1v) is 4.93. The molecule has 5 nitrogen and oxygen atoms in total. The van der Waals surface area contributed by atoms with Gasteiger partial charge in [-0.3, -0.25) is 9.79 Å². The van der Waals surface area contributed by atoms with Gasteiger partial charge in [-0.1, -0.05) is 0 Å². The van der Waals surface area contributed by atoms with Crippen LogP contribution >= 0.6 is 12.4 Å². The summed E-state index contributed by atoms with van der Waals surface area (Å²) in [4.78, 5) is 25.9. The fourth-order valence-electron chi connectivity index (χ4n) is 1.01. The first kappa shape index (κ1) is 17.3. The van der Waals surface area contributed by atoms with Crippen molar-refractivity contribution < 1.29 is 19.1 Å². The Bertz CT molecular complexity index is 233. The van der Waals surface area contributed by atoms with E-state index in [1.807, 2.05) is 0 Å². The molecule has 0 aliphatic carbocycles. The third-order valence-electron chi connectivity index (χ3n) is 1.71. The lowest BCUT2D eigenvalue weighted by atomic mass is 10.1. The minimum Gasteiger partial charge on any atom is -0.466 e. The van der Waals surface area contributed by atoms with Crippen molar-refractivity contribution in [2.24, 2.45) is 4.99 Å². The van der Waals surface area contributed by atoms with Crippen LogP contribution in [0.4, 0.5) is 0 Å². The molecule has 0 radical (unpaired) electrons. The van der Waals surface area contributed by atoms with Gasteiger partial charge in [-0.15, -0.1) is 12.4 Å². The predicted molar refractivity (Wildman–Crippen MR) is 63.1 cm³/mol. The highest BCUT2D eigenvalue weighted by atomic mass is 35.5. The Morgan fingerprint density at radius 3 is 2.25 bits per heavy atom. The normalized spacial score (nSPS) is 10.9. The minimum absolute atomic E-state index is 0. The smallest absolute Gasteiger partial charge is 0.330 e. The second-order valence-electron chi connectivity index (χ2n) is 2.79. The quantitative estimate of drug-likeness (QED) is 0.507. The molecule has 0 aromatic carbocycles. The third-order valence-corrected chi connectivity index (χ3v) is 1.71. The minimum atomic E-state index is -0.672. The van der Waals surface area contributed by atoms with E-state index in [2.05, 4.69) is 11.7 Å². The largest absolute Gasteiger partial charge is 0.466 e. The van der Waals surface area contributed by atoms with Crippen LogP contribution in [0.15, 0.2) is 4.99 Å². The Morgan fingerprint density at radius 2 is 1.81 bits per heavy atom. The fraction of sp³-hybridized carbons (Fsp3) is 0.700. The summed E-state index contributed by atoms with van der Waals surface area (Å²) < 4.78 is 9.49. The molecule has 6 heteroatoms. The van der Waals surface area contributed by atoms with Crippen LogP contribution in [-0.4, -0.2) is 37.9 Å². The van der Waals surface area contributed by atoms with E-state index in [1.165, 1.54) is 0 Å². The SMILES string of the molecule is C=N[C@@H](CCC(=O)OCC)C(=O)OCC.Cl. The molecule has 0 spiro atoms. The zero-order valence-corrected chi connectivity index (χ0v) is 10.4. The molecule has 0 saturated carbocycles. The van der Waals surface area contributed by atoms with E-state index in [0.29, 0.717) is 13.2 Å². The number of halogens is 1. The maximum Gasteiger partial charge on any atom is 0.330 e. The molecule has 0 rings (SSSR count). The van der Waals surface area contributed by atoms with E-state index in [0.717, 1.165) is 0 Å². The number of rotatable bonds is 7. The van der Waals surface area contributed by atoms with Gasteiger partial charge in [-0.05, 0) is 27.0 Å². The Morgan fingerprint density at radius 1 is 1.25 bits per heavy atom. The van der Waals surface area contributed by atoms with Crippen LogP contribution in [0, 0.1) is 0 Å². The summed E-state index contributed by atoms with van der Waals surface area (Å²) in [6.07, 6.45) is 0.428. The molecule has 0 fully saturated rings. The highest BCUT2D eigenvalue weighted by Gasteiger charge is 2.18. The van der Waals surface area contributed by atoms with E-state index in [4.69, 9.17) is 9.47 Å². The summed E-state index contributed by atoms with van der Waals surface area (Å²) >= 11 is 0. The molecule has 0 saturated heterocycles. The van der Waals surface area contributed by atoms with Gasteiger partial charge in [-0.2, -0.15) is 0 Å². The number of hydrogen-bond donors (Lipinski definition) is 0. The molecule has 0 amide bonds. The van der Waals surface area contributed by atoms with Gasteiger partial charge in [-0.25, -0.2) is 4.79 Å². The van der Waals surface area contributed by atoms with Crippen LogP contribution in [0.5, 0.6) is 0 Å². The highest BCUT2D eigenvalue weighted by Crippen LogP contribution is 2.05. The molecule has 0 aliphatic heterocycles. The van der Waals surface area contributed by atoms with E-state index in [1.54, 1.807) is 13.8 Å². The summed E-state index contributed by atoms with van der Waals surface area (Å²) in [5.41, 5.74) is 0. The van der Waals surface area contributed by atoms with Gasteiger partial charge in [0.05, 0.1) is 13.2 Å². The van der Waals surface area contributed by atoms with Gasteiger partial charge in [0.15, 0.2) is 0 Å². The average molecular weight is 252 g/mol. The Labute approximate surface area is 102 Å². The molecule has 94 valence electrons. The van der Waals surface area contributed by atoms with Crippen molar-refractivity contribution in [1.82, 2.24) is 0 Å². The monoisotopic (exact) mass is 251 g/mol. The van der Waals surface area contributed by atoms with Gasteiger partial charge in [0.2, 0.25) is 0 Å². The fourth-order valence-corrected chi connectivity index (χ4v) is 1.01. The summed E-state index contributed by atoms with van der Waals surface area (Å²) in [6, 6.07) is -0.672. The van der Waals surface area contributed by atoms with Crippen molar-refractivity contribution in [1.29, 1.82) is 0 Å². The van der Waals surface area contributed by atoms with Gasteiger partial charge >= 0.3 is 11.9 Å². The highest BCUT2D eigenvalue weighted by molar-refractivity contribution is 5.85. The van der Waals surface area contributed by atoms with Crippen molar-refractivity contribution in [3.63, 3.8) is 0 Å². The molecular weight excluding hydrogens is 234 g/mol. The maximum atomic E-state index is 11.2. The molecule has 0 aromatic heterocycles. The molecule has 0 aliphatic rings. The standard InChI is InChI=1S/C10H17NO4.ClH/c1-4-14-9(12)7-6-8(11-3)10(13)15-5-2;/h8H,3-7H2,1-2H3;1H/t8-;/m0./s1. The Hall–Kier alpha value is -1.10. The van der Waals surface area contributed by atoms with Gasteiger partial charge < -0.3 is 9.47 Å². The van der Waals surface area contributed by atoms with Gasteiger partial charge in [0, 0.05) is 6.42 Å². The molecule has 0 aromatic rings. The van der Waals surface area contributed by atoms with Crippen molar-refractivity contribution in [3.8, 4) is 0 Å². The van der Waals surface area contributed by atoms with Crippen LogP contribution in [0.25, 0.3) is 0 Å². The molecule has 0 N–H and O–H groups in total. The van der Waals surface area contributed by atoms with Gasteiger partial charge in [0.1, 0.15) is 6.04 Å². The number of esters is 2. The molecule has 0 bridgehead atoms. The lowest BCUT2D eigenvalue weighted by Gasteiger charge is -2.09. The maximum absolute atomic E-state index is 11.2. The predicted octanol–water partition coefficient (Wildman–Crippen LogP) is 1.38. The molecular formula is C10H18ClNO4. The van der Waals surface area contributed by atoms with Crippen molar-refractivity contribution >= 4 is 31.1 Å². The zero-order valence-electron chi connectivity index (χ0n) is 9.60. The second-order valence-corrected chi connectivity index (χ2v) is 2.79. The van der Waals surface area contributed by atoms with Crippen molar-refractivity contribution in [3.05, 3.63) is 0 Å². The van der Waals surface area contributed by atoms with Crippen LogP contribution in [-0.2, 0) is 19.1 Å². The number of carbonyl (C=O) groups is 2. The Kier molecular flexibility index (Phi) is 11.3. The topological polar surface area (TPSA) is 65.0 Å². The first-order valence-electron chi connectivity index (χ1n) is 4.93. The van der Waals surface area contributed by atoms with Gasteiger partial charge in [0.25, 0.3) is 0 Å². The molecule has 1 atom stereocenters. The van der Waals surface area contributed by atoms with E-state index >= 15 is 0 Å². The van der Waals surface area contributed by atoms with Crippen LogP contribution in [0.2, 0.25) is 0 Å². The third kappa shape index (κ3) is 7.23. The summed E-state index contributed by atoms with van der Waals surface area (Å²) in [7, 11) is 0. The summed E-state index contributed by atoms with van der Waals surface area (Å²) in [5, 5.41) is 0. The van der Waals surface area contributed by atoms with E-state index in [-0.39, 0.29) is 31.2 Å². The van der Waals surface area contributed by atoms with Crippen molar-refractivity contribution in [2.75, 3.05) is 13.2 Å². The number of hydrogen-bond acceptors (Lipinski definition) is 5. The summed E-state index contributed by atoms with van der Waals surface area (Å²) in [6.45, 7) is 7.36. The van der Waals surface area contributed by atoms with Crippen LogP contribution < -0.4 is 0 Å². The van der Waals surface area contributed by atoms with Crippen molar-refractivity contribution in [2.45, 2.75) is 32.7 Å². The number of nitrogens with zero attached hydrogens (tertiary/aromatic N) is 1. The molecule has 0 heterocycles. The molecule has 16 heavy (non-hydrogen) atoms. The lowest BCUT2D eigenvalue weighted by Crippen LogP contribution is -2.22. The zero-order chi connectivity index (χ0) is 11.7. The Balaban J connectivity index is 0. The lowest BCUT2D eigenvalue weighted by molar-refractivity contribution is -0.146. The van der Waals surface area contributed by atoms with E-state index in [9.17, 15) is 9.59 Å². The van der Waals surface area contributed by atoms with E-state index < -0.39 is 12.0 Å². The van der Waals surface area contributed by atoms with Crippen LogP contribution in [0.1, 0.15) is 26.7 Å². The number of carbonyl (C=O) groups excluding carboxylic acids is 2.